The molecule has 8 heteroatoms. The third kappa shape index (κ3) is 5.86. The summed E-state index contributed by atoms with van der Waals surface area (Å²) >= 11 is 0. The van der Waals surface area contributed by atoms with Gasteiger partial charge < -0.3 is 14.8 Å². The SMILES string of the molecule is CC(C)(C)OC(=O)N1CCC[C@H]1C(=O)NCc1ccc(OC(F)F)cc1. The van der Waals surface area contributed by atoms with Crippen LogP contribution in [0, 0.1) is 0 Å². The fraction of sp³-hybridized carbons (Fsp3) is 0.556. The Kier molecular flexibility index (Phi) is 6.39. The summed E-state index contributed by atoms with van der Waals surface area (Å²) < 4.78 is 33.9. The Morgan fingerprint density at radius 3 is 2.50 bits per heavy atom. The van der Waals surface area contributed by atoms with Gasteiger partial charge >= 0.3 is 12.7 Å². The zero-order chi connectivity index (χ0) is 19.3. The van der Waals surface area contributed by atoms with Gasteiger partial charge in [0.1, 0.15) is 17.4 Å². The van der Waals surface area contributed by atoms with Crippen molar-refractivity contribution in [2.24, 2.45) is 0 Å². The number of alkyl halides is 2. The monoisotopic (exact) mass is 370 g/mol. The number of ether oxygens (including phenoxy) is 2. The van der Waals surface area contributed by atoms with E-state index in [1.54, 1.807) is 32.9 Å². The molecule has 1 atom stereocenters. The van der Waals surface area contributed by atoms with Crippen LogP contribution < -0.4 is 10.1 Å². The Morgan fingerprint density at radius 2 is 1.92 bits per heavy atom. The number of halogens is 2. The van der Waals surface area contributed by atoms with Gasteiger partial charge in [-0.15, -0.1) is 0 Å². The van der Waals surface area contributed by atoms with E-state index >= 15 is 0 Å². The minimum Gasteiger partial charge on any atom is -0.444 e. The van der Waals surface area contributed by atoms with Crippen LogP contribution in [0.3, 0.4) is 0 Å². The predicted octanol–water partition coefficient (Wildman–Crippen LogP) is 3.30. The van der Waals surface area contributed by atoms with Gasteiger partial charge in [0, 0.05) is 13.1 Å². The summed E-state index contributed by atoms with van der Waals surface area (Å²) in [6.45, 7) is 3.16. The minimum atomic E-state index is -2.87. The second kappa shape index (κ2) is 8.33. The van der Waals surface area contributed by atoms with E-state index in [0.717, 1.165) is 12.0 Å². The van der Waals surface area contributed by atoms with Crippen molar-refractivity contribution in [2.75, 3.05) is 6.54 Å². The van der Waals surface area contributed by atoms with E-state index in [2.05, 4.69) is 10.1 Å². The lowest BCUT2D eigenvalue weighted by molar-refractivity contribution is -0.125. The highest BCUT2D eigenvalue weighted by Gasteiger charge is 2.36. The van der Waals surface area contributed by atoms with E-state index in [4.69, 9.17) is 4.74 Å². The summed E-state index contributed by atoms with van der Waals surface area (Å²) in [7, 11) is 0. The summed E-state index contributed by atoms with van der Waals surface area (Å²) in [5.74, 6) is -0.205. The Morgan fingerprint density at radius 1 is 1.27 bits per heavy atom. The maximum atomic E-state index is 12.4. The molecule has 0 saturated carbocycles. The molecular weight excluding hydrogens is 346 g/mol. The zero-order valence-corrected chi connectivity index (χ0v) is 15.1. The van der Waals surface area contributed by atoms with Crippen molar-refractivity contribution in [2.45, 2.75) is 58.4 Å². The Hall–Kier alpha value is -2.38. The summed E-state index contributed by atoms with van der Waals surface area (Å²) in [5.41, 5.74) is 0.115. The maximum absolute atomic E-state index is 12.4. The van der Waals surface area contributed by atoms with Crippen molar-refractivity contribution in [3.8, 4) is 5.75 Å². The second-order valence-electron chi connectivity index (χ2n) is 7.07. The van der Waals surface area contributed by atoms with E-state index < -0.39 is 24.3 Å². The topological polar surface area (TPSA) is 67.9 Å². The largest absolute Gasteiger partial charge is 0.444 e. The number of amides is 2. The number of hydrogen-bond acceptors (Lipinski definition) is 4. The molecule has 0 radical (unpaired) electrons. The first kappa shape index (κ1) is 19.9. The van der Waals surface area contributed by atoms with Crippen molar-refractivity contribution in [3.05, 3.63) is 29.8 Å². The first-order chi connectivity index (χ1) is 12.2. The maximum Gasteiger partial charge on any atom is 0.410 e. The van der Waals surface area contributed by atoms with Crippen LogP contribution in [0.4, 0.5) is 13.6 Å². The van der Waals surface area contributed by atoms with Crippen molar-refractivity contribution >= 4 is 12.0 Å². The lowest BCUT2D eigenvalue weighted by atomic mass is 10.2. The number of hydrogen-bond donors (Lipinski definition) is 1. The molecule has 1 fully saturated rings. The highest BCUT2D eigenvalue weighted by Crippen LogP contribution is 2.21. The van der Waals surface area contributed by atoms with E-state index in [1.807, 2.05) is 0 Å². The van der Waals surface area contributed by atoms with Gasteiger partial charge in [-0.1, -0.05) is 12.1 Å². The number of nitrogens with one attached hydrogen (secondary N) is 1. The summed E-state index contributed by atoms with van der Waals surface area (Å²) in [5, 5.41) is 2.77. The molecule has 0 bridgehead atoms. The highest BCUT2D eigenvalue weighted by molar-refractivity contribution is 5.86. The average Bonchev–Trinajstić information content (AvgIpc) is 3.01. The van der Waals surface area contributed by atoms with E-state index in [9.17, 15) is 18.4 Å². The first-order valence-corrected chi connectivity index (χ1v) is 8.47. The number of carbonyl (C=O) groups excluding carboxylic acids is 2. The van der Waals surface area contributed by atoms with Gasteiger partial charge in [0.05, 0.1) is 0 Å². The minimum absolute atomic E-state index is 0.0574. The molecule has 26 heavy (non-hydrogen) atoms. The first-order valence-electron chi connectivity index (χ1n) is 8.47. The number of benzene rings is 1. The fourth-order valence-corrected chi connectivity index (χ4v) is 2.67. The van der Waals surface area contributed by atoms with Crippen LogP contribution in [0.5, 0.6) is 5.75 Å². The second-order valence-corrected chi connectivity index (χ2v) is 7.07. The quantitative estimate of drug-likeness (QED) is 0.864. The van der Waals surface area contributed by atoms with Crippen LogP contribution in [-0.4, -0.2) is 41.7 Å². The van der Waals surface area contributed by atoms with Crippen molar-refractivity contribution in [1.29, 1.82) is 0 Å². The van der Waals surface area contributed by atoms with Gasteiger partial charge in [-0.25, -0.2) is 4.79 Å². The summed E-state index contributed by atoms with van der Waals surface area (Å²) in [4.78, 5) is 26.1. The third-order valence-electron chi connectivity index (χ3n) is 3.80. The molecule has 0 unspecified atom stereocenters. The van der Waals surface area contributed by atoms with Gasteiger partial charge in [0.15, 0.2) is 0 Å². The van der Waals surface area contributed by atoms with Gasteiger partial charge in [-0.3, -0.25) is 9.69 Å². The van der Waals surface area contributed by atoms with Crippen molar-refractivity contribution in [1.82, 2.24) is 10.2 Å². The molecule has 6 nitrogen and oxygen atoms in total. The van der Waals surface area contributed by atoms with Crippen LogP contribution in [0.2, 0.25) is 0 Å². The molecule has 144 valence electrons. The molecule has 1 heterocycles. The molecular formula is C18H24F2N2O4. The standard InChI is InChI=1S/C18H24F2N2O4/c1-18(2,3)26-17(24)22-10-4-5-14(22)15(23)21-11-12-6-8-13(9-7-12)25-16(19)20/h6-9,14,16H,4-5,10-11H2,1-3H3,(H,21,23)/t14-/m0/s1. The Balaban J connectivity index is 1.89. The molecule has 1 saturated heterocycles. The van der Waals surface area contributed by atoms with Crippen molar-refractivity contribution < 1.29 is 27.8 Å². The predicted molar refractivity (Wildman–Crippen MR) is 90.9 cm³/mol. The van der Waals surface area contributed by atoms with Gasteiger partial charge in [0.2, 0.25) is 5.91 Å². The molecule has 1 aliphatic rings. The summed E-state index contributed by atoms with van der Waals surface area (Å²) in [6.07, 6.45) is 0.812. The molecule has 1 aliphatic heterocycles. The molecule has 0 aliphatic carbocycles. The smallest absolute Gasteiger partial charge is 0.410 e. The van der Waals surface area contributed by atoms with Gasteiger partial charge in [0.25, 0.3) is 0 Å². The fourth-order valence-electron chi connectivity index (χ4n) is 2.67. The van der Waals surface area contributed by atoms with E-state index in [-0.39, 0.29) is 18.2 Å². The molecule has 2 rings (SSSR count). The van der Waals surface area contributed by atoms with Crippen LogP contribution in [0.25, 0.3) is 0 Å². The van der Waals surface area contributed by atoms with Crippen LogP contribution >= 0.6 is 0 Å². The van der Waals surface area contributed by atoms with E-state index in [1.165, 1.54) is 17.0 Å². The molecule has 0 spiro atoms. The normalized spacial score (nSPS) is 17.3. The third-order valence-corrected chi connectivity index (χ3v) is 3.80. The molecule has 1 aromatic rings. The van der Waals surface area contributed by atoms with Crippen LogP contribution in [-0.2, 0) is 16.1 Å². The van der Waals surface area contributed by atoms with Crippen LogP contribution in [0.1, 0.15) is 39.2 Å². The zero-order valence-electron chi connectivity index (χ0n) is 15.1. The lowest BCUT2D eigenvalue weighted by Crippen LogP contribution is -2.47. The lowest BCUT2D eigenvalue weighted by Gasteiger charge is -2.28. The number of nitrogens with zero attached hydrogens (tertiary/aromatic N) is 1. The molecule has 2 amide bonds. The Bertz CT molecular complexity index is 629. The number of likely N-dealkylation sites (tertiary alicyclic amines) is 1. The van der Waals surface area contributed by atoms with Gasteiger partial charge in [-0.05, 0) is 51.3 Å². The van der Waals surface area contributed by atoms with E-state index in [0.29, 0.717) is 13.0 Å². The number of carbonyl (C=O) groups is 2. The van der Waals surface area contributed by atoms with Crippen LogP contribution in [0.15, 0.2) is 24.3 Å². The average molecular weight is 370 g/mol. The molecule has 0 aromatic heterocycles. The molecule has 1 N–H and O–H groups in total. The molecule has 1 aromatic carbocycles. The van der Waals surface area contributed by atoms with Crippen molar-refractivity contribution in [3.63, 3.8) is 0 Å². The summed E-state index contributed by atoms with van der Waals surface area (Å²) in [6, 6.07) is 5.45. The van der Waals surface area contributed by atoms with Gasteiger partial charge in [-0.2, -0.15) is 8.78 Å². The number of rotatable bonds is 5. The Labute approximate surface area is 151 Å². The highest BCUT2D eigenvalue weighted by atomic mass is 19.3.